The average Bonchev–Trinajstić information content (AvgIpc) is 2.36. The van der Waals surface area contributed by atoms with E-state index in [1.54, 1.807) is 6.07 Å². The van der Waals surface area contributed by atoms with Crippen LogP contribution < -0.4 is 10.5 Å². The number of hydrogen-bond acceptors (Lipinski definition) is 2. The molecular formula is C15H15F2NO. The van der Waals surface area contributed by atoms with E-state index in [1.165, 1.54) is 6.07 Å². The van der Waals surface area contributed by atoms with Gasteiger partial charge in [-0.1, -0.05) is 18.2 Å². The van der Waals surface area contributed by atoms with Crippen LogP contribution in [0.2, 0.25) is 0 Å². The molecule has 19 heavy (non-hydrogen) atoms. The molecule has 1 atom stereocenters. The van der Waals surface area contributed by atoms with Crippen LogP contribution >= 0.6 is 0 Å². The lowest BCUT2D eigenvalue weighted by atomic mass is 10.1. The second kappa shape index (κ2) is 5.80. The standard InChI is InChI=1S/C15H15F2NO/c1-10(18)8-11-4-2-3-5-15(11)19-12-6-7-13(16)14(17)9-12/h2-7,9-10H,8,18H2,1H3. The minimum absolute atomic E-state index is 0.00490. The molecule has 0 fully saturated rings. The Kier molecular flexibility index (Phi) is 4.12. The highest BCUT2D eigenvalue weighted by Crippen LogP contribution is 2.27. The summed E-state index contributed by atoms with van der Waals surface area (Å²) in [6, 6.07) is 10.8. The second-order valence-corrected chi connectivity index (χ2v) is 4.47. The summed E-state index contributed by atoms with van der Waals surface area (Å²) in [5.41, 5.74) is 6.70. The lowest BCUT2D eigenvalue weighted by Crippen LogP contribution is -2.18. The zero-order valence-corrected chi connectivity index (χ0v) is 10.6. The van der Waals surface area contributed by atoms with E-state index >= 15 is 0 Å². The lowest BCUT2D eigenvalue weighted by Gasteiger charge is -2.12. The quantitative estimate of drug-likeness (QED) is 0.913. The van der Waals surface area contributed by atoms with Gasteiger partial charge in [0.2, 0.25) is 0 Å². The summed E-state index contributed by atoms with van der Waals surface area (Å²) in [5, 5.41) is 0. The summed E-state index contributed by atoms with van der Waals surface area (Å²) in [4.78, 5) is 0. The molecule has 2 rings (SSSR count). The van der Waals surface area contributed by atoms with E-state index in [4.69, 9.17) is 10.5 Å². The molecule has 0 aliphatic heterocycles. The van der Waals surface area contributed by atoms with Gasteiger partial charge in [0, 0.05) is 12.1 Å². The van der Waals surface area contributed by atoms with Crippen molar-refractivity contribution in [3.63, 3.8) is 0 Å². The van der Waals surface area contributed by atoms with E-state index in [1.807, 2.05) is 25.1 Å². The maximum absolute atomic E-state index is 13.1. The minimum atomic E-state index is -0.929. The molecule has 2 aromatic carbocycles. The smallest absolute Gasteiger partial charge is 0.162 e. The highest BCUT2D eigenvalue weighted by molar-refractivity contribution is 5.38. The first-order valence-corrected chi connectivity index (χ1v) is 6.02. The molecule has 4 heteroatoms. The van der Waals surface area contributed by atoms with Gasteiger partial charge in [0.05, 0.1) is 0 Å². The Labute approximate surface area is 110 Å². The predicted octanol–water partition coefficient (Wildman–Crippen LogP) is 3.65. The van der Waals surface area contributed by atoms with Crippen LogP contribution in [0.5, 0.6) is 11.5 Å². The molecule has 0 saturated heterocycles. The van der Waals surface area contributed by atoms with Gasteiger partial charge in [-0.05, 0) is 37.1 Å². The third-order valence-electron chi connectivity index (χ3n) is 2.63. The molecule has 0 aromatic heterocycles. The normalized spacial score (nSPS) is 12.2. The van der Waals surface area contributed by atoms with Crippen molar-refractivity contribution in [3.8, 4) is 11.5 Å². The number of hydrogen-bond donors (Lipinski definition) is 1. The molecule has 0 aliphatic rings. The van der Waals surface area contributed by atoms with Crippen LogP contribution in [0.3, 0.4) is 0 Å². The predicted molar refractivity (Wildman–Crippen MR) is 70.2 cm³/mol. The number of ether oxygens (including phenoxy) is 1. The van der Waals surface area contributed by atoms with Gasteiger partial charge in [-0.3, -0.25) is 0 Å². The van der Waals surface area contributed by atoms with Crippen LogP contribution in [-0.2, 0) is 6.42 Å². The van der Waals surface area contributed by atoms with Gasteiger partial charge in [0.1, 0.15) is 11.5 Å². The molecule has 0 bridgehead atoms. The monoisotopic (exact) mass is 263 g/mol. The summed E-state index contributed by atoms with van der Waals surface area (Å²) in [6.45, 7) is 1.90. The Morgan fingerprint density at radius 1 is 1.11 bits per heavy atom. The van der Waals surface area contributed by atoms with E-state index in [9.17, 15) is 8.78 Å². The van der Waals surface area contributed by atoms with Crippen LogP contribution in [0, 0.1) is 11.6 Å². The maximum atomic E-state index is 13.1. The van der Waals surface area contributed by atoms with Crippen molar-refractivity contribution in [2.45, 2.75) is 19.4 Å². The number of nitrogens with two attached hydrogens (primary N) is 1. The van der Waals surface area contributed by atoms with Crippen molar-refractivity contribution in [3.05, 3.63) is 59.7 Å². The number of halogens is 2. The topological polar surface area (TPSA) is 35.2 Å². The van der Waals surface area contributed by atoms with Gasteiger partial charge in [-0.25, -0.2) is 8.78 Å². The molecule has 0 amide bonds. The van der Waals surface area contributed by atoms with Gasteiger partial charge >= 0.3 is 0 Å². The van der Waals surface area contributed by atoms with Crippen molar-refractivity contribution in [1.82, 2.24) is 0 Å². The van der Waals surface area contributed by atoms with Crippen LogP contribution in [0.1, 0.15) is 12.5 Å². The van der Waals surface area contributed by atoms with Gasteiger partial charge in [-0.15, -0.1) is 0 Å². The summed E-state index contributed by atoms with van der Waals surface area (Å²) < 4.78 is 31.5. The molecule has 0 heterocycles. The second-order valence-electron chi connectivity index (χ2n) is 4.47. The highest BCUT2D eigenvalue weighted by atomic mass is 19.2. The zero-order valence-electron chi connectivity index (χ0n) is 10.6. The van der Waals surface area contributed by atoms with Crippen molar-refractivity contribution < 1.29 is 13.5 Å². The van der Waals surface area contributed by atoms with Crippen LogP contribution in [0.15, 0.2) is 42.5 Å². The third-order valence-corrected chi connectivity index (χ3v) is 2.63. The maximum Gasteiger partial charge on any atom is 0.162 e. The van der Waals surface area contributed by atoms with E-state index in [0.29, 0.717) is 12.2 Å². The fourth-order valence-corrected chi connectivity index (χ4v) is 1.79. The van der Waals surface area contributed by atoms with E-state index in [-0.39, 0.29) is 11.8 Å². The Balaban J connectivity index is 2.25. The first kappa shape index (κ1) is 13.5. The molecule has 0 radical (unpaired) electrons. The Hall–Kier alpha value is -1.94. The number of para-hydroxylation sites is 1. The largest absolute Gasteiger partial charge is 0.457 e. The first-order valence-electron chi connectivity index (χ1n) is 6.02. The van der Waals surface area contributed by atoms with E-state index in [2.05, 4.69) is 0 Å². The Morgan fingerprint density at radius 2 is 1.84 bits per heavy atom. The average molecular weight is 263 g/mol. The van der Waals surface area contributed by atoms with Crippen molar-refractivity contribution >= 4 is 0 Å². The van der Waals surface area contributed by atoms with Crippen LogP contribution in [0.4, 0.5) is 8.78 Å². The summed E-state index contributed by atoms with van der Waals surface area (Å²) in [6.07, 6.45) is 0.653. The highest BCUT2D eigenvalue weighted by Gasteiger charge is 2.08. The van der Waals surface area contributed by atoms with Crippen molar-refractivity contribution in [1.29, 1.82) is 0 Å². The molecular weight excluding hydrogens is 248 g/mol. The molecule has 1 unspecified atom stereocenters. The van der Waals surface area contributed by atoms with E-state index < -0.39 is 11.6 Å². The fourth-order valence-electron chi connectivity index (χ4n) is 1.79. The van der Waals surface area contributed by atoms with Crippen molar-refractivity contribution in [2.24, 2.45) is 5.73 Å². The fraction of sp³-hybridized carbons (Fsp3) is 0.200. The Bertz CT molecular complexity index is 570. The van der Waals surface area contributed by atoms with Gasteiger partial charge in [0.25, 0.3) is 0 Å². The summed E-state index contributed by atoms with van der Waals surface area (Å²) in [5.74, 6) is -0.958. The minimum Gasteiger partial charge on any atom is -0.457 e. The van der Waals surface area contributed by atoms with Gasteiger partial charge in [0.15, 0.2) is 11.6 Å². The molecule has 0 saturated carbocycles. The summed E-state index contributed by atoms with van der Waals surface area (Å²) in [7, 11) is 0. The van der Waals surface area contributed by atoms with Gasteiger partial charge in [-0.2, -0.15) is 0 Å². The third kappa shape index (κ3) is 3.51. The SMILES string of the molecule is CC(N)Cc1ccccc1Oc1ccc(F)c(F)c1. The lowest BCUT2D eigenvalue weighted by molar-refractivity contribution is 0.456. The summed E-state index contributed by atoms with van der Waals surface area (Å²) >= 11 is 0. The van der Waals surface area contributed by atoms with Gasteiger partial charge < -0.3 is 10.5 Å². The molecule has 2 nitrogen and oxygen atoms in total. The zero-order chi connectivity index (χ0) is 13.8. The number of benzene rings is 2. The molecule has 0 aliphatic carbocycles. The molecule has 0 spiro atoms. The van der Waals surface area contributed by atoms with Crippen LogP contribution in [-0.4, -0.2) is 6.04 Å². The van der Waals surface area contributed by atoms with Crippen molar-refractivity contribution in [2.75, 3.05) is 0 Å². The number of rotatable bonds is 4. The van der Waals surface area contributed by atoms with Crippen LogP contribution in [0.25, 0.3) is 0 Å². The molecule has 2 N–H and O–H groups in total. The Morgan fingerprint density at radius 3 is 2.53 bits per heavy atom. The molecule has 2 aromatic rings. The van der Waals surface area contributed by atoms with E-state index in [0.717, 1.165) is 17.7 Å². The first-order chi connectivity index (χ1) is 9.06. The molecule has 100 valence electrons.